The zero-order chi connectivity index (χ0) is 20.4. The molecule has 0 unspecified atom stereocenters. The minimum atomic E-state index is -0.110. The first kappa shape index (κ1) is 18.9. The van der Waals surface area contributed by atoms with Gasteiger partial charge in [0.1, 0.15) is 5.82 Å². The largest absolute Gasteiger partial charge is 0.416 e. The molecule has 0 bridgehead atoms. The molecule has 4 aromatic rings. The van der Waals surface area contributed by atoms with Gasteiger partial charge in [0, 0.05) is 39.7 Å². The minimum absolute atomic E-state index is 0.110. The maximum atomic E-state index is 12.0. The number of hydrogen-bond acceptors (Lipinski definition) is 6. The van der Waals surface area contributed by atoms with Crippen LogP contribution in [0.3, 0.4) is 0 Å². The third-order valence-corrected chi connectivity index (χ3v) is 4.70. The number of nitrogens with one attached hydrogen (secondary N) is 1. The molecule has 0 atom stereocenters. The normalized spacial score (nSPS) is 11.0. The Bertz CT molecular complexity index is 1190. The Labute approximate surface area is 171 Å². The molecule has 7 nitrogen and oxygen atoms in total. The van der Waals surface area contributed by atoms with Gasteiger partial charge >= 0.3 is 0 Å². The van der Waals surface area contributed by atoms with Gasteiger partial charge in [0.2, 0.25) is 11.8 Å². The van der Waals surface area contributed by atoms with Crippen LogP contribution in [-0.2, 0) is 0 Å². The number of nitrogens with two attached hydrogens (primary N) is 1. The van der Waals surface area contributed by atoms with Gasteiger partial charge in [-0.2, -0.15) is 0 Å². The highest BCUT2D eigenvalue weighted by Crippen LogP contribution is 2.33. The van der Waals surface area contributed by atoms with E-state index in [0.29, 0.717) is 45.9 Å². The zero-order valence-corrected chi connectivity index (χ0v) is 16.4. The van der Waals surface area contributed by atoms with E-state index in [9.17, 15) is 4.79 Å². The lowest BCUT2D eigenvalue weighted by molar-refractivity contribution is 0.0953. The second-order valence-electron chi connectivity index (χ2n) is 6.49. The van der Waals surface area contributed by atoms with Crippen LogP contribution in [0.15, 0.2) is 53.1 Å². The van der Waals surface area contributed by atoms with Gasteiger partial charge in [0.25, 0.3) is 5.91 Å². The molecule has 0 saturated carbocycles. The van der Waals surface area contributed by atoms with Gasteiger partial charge in [0.05, 0.1) is 5.56 Å². The fraction of sp³-hybridized carbons (Fsp3) is 0.143. The number of pyridine rings is 1. The maximum Gasteiger partial charge on any atom is 0.251 e. The highest BCUT2D eigenvalue weighted by Gasteiger charge is 2.16. The van der Waals surface area contributed by atoms with E-state index < -0.39 is 0 Å². The van der Waals surface area contributed by atoms with Crippen molar-refractivity contribution in [3.05, 3.63) is 59.2 Å². The van der Waals surface area contributed by atoms with Crippen LogP contribution in [0, 0.1) is 0 Å². The predicted octanol–water partition coefficient (Wildman–Crippen LogP) is 4.33. The van der Waals surface area contributed by atoms with Gasteiger partial charge in [-0.3, -0.25) is 4.79 Å². The molecule has 0 radical (unpaired) electrons. The first-order valence-electron chi connectivity index (χ1n) is 9.13. The first-order chi connectivity index (χ1) is 14.1. The number of hydrogen-bond donors (Lipinski definition) is 2. The van der Waals surface area contributed by atoms with Crippen LogP contribution in [0.2, 0.25) is 5.02 Å². The highest BCUT2D eigenvalue weighted by atomic mass is 35.5. The second kappa shape index (κ2) is 7.89. The van der Waals surface area contributed by atoms with Crippen LogP contribution >= 0.6 is 11.6 Å². The highest BCUT2D eigenvalue weighted by molar-refractivity contribution is 6.31. The molecule has 0 aliphatic heterocycles. The van der Waals surface area contributed by atoms with Crippen LogP contribution in [0.25, 0.3) is 33.7 Å². The zero-order valence-electron chi connectivity index (χ0n) is 15.6. The van der Waals surface area contributed by atoms with Crippen molar-refractivity contribution in [3.63, 3.8) is 0 Å². The second-order valence-corrected chi connectivity index (χ2v) is 6.93. The van der Waals surface area contributed by atoms with Crippen molar-refractivity contribution < 1.29 is 9.21 Å². The summed E-state index contributed by atoms with van der Waals surface area (Å²) >= 11 is 6.14. The number of nitrogen functional groups attached to an aromatic ring is 1. The van der Waals surface area contributed by atoms with Crippen molar-refractivity contribution in [2.45, 2.75) is 13.3 Å². The van der Waals surface area contributed by atoms with Crippen molar-refractivity contribution >= 4 is 34.1 Å². The van der Waals surface area contributed by atoms with E-state index in [1.54, 1.807) is 42.6 Å². The summed E-state index contributed by atoms with van der Waals surface area (Å²) in [6.07, 6.45) is 2.47. The molecular weight excluding hydrogens is 390 g/mol. The van der Waals surface area contributed by atoms with Crippen LogP contribution in [0.1, 0.15) is 23.7 Å². The van der Waals surface area contributed by atoms with Gasteiger partial charge in [-0.05, 0) is 48.9 Å². The monoisotopic (exact) mass is 407 g/mol. The fourth-order valence-electron chi connectivity index (χ4n) is 2.96. The standard InChI is InChI=1S/C21H18ClN5O2/c1-2-9-24-19(28)12-3-5-13(6-4-12)20-26-27-21(29-20)17-11-25-18(23)15-8-7-14(22)10-16(15)17/h3-8,10-11H,2,9H2,1H3,(H2,23,25)(H,24,28). The van der Waals surface area contributed by atoms with Crippen molar-refractivity contribution in [1.82, 2.24) is 20.5 Å². The summed E-state index contributed by atoms with van der Waals surface area (Å²) < 4.78 is 5.86. The van der Waals surface area contributed by atoms with Gasteiger partial charge in [0.15, 0.2) is 0 Å². The van der Waals surface area contributed by atoms with E-state index in [-0.39, 0.29) is 5.91 Å². The number of carbonyl (C=O) groups excluding carboxylic acids is 1. The summed E-state index contributed by atoms with van der Waals surface area (Å²) in [6, 6.07) is 12.3. The molecule has 29 heavy (non-hydrogen) atoms. The Hall–Kier alpha value is -3.45. The predicted molar refractivity (Wildman–Crippen MR) is 113 cm³/mol. The summed E-state index contributed by atoms with van der Waals surface area (Å²) in [5.41, 5.74) is 7.89. The summed E-state index contributed by atoms with van der Waals surface area (Å²) in [4.78, 5) is 16.2. The molecule has 146 valence electrons. The Kier molecular flexibility index (Phi) is 5.14. The van der Waals surface area contributed by atoms with E-state index in [0.717, 1.165) is 17.2 Å². The molecule has 0 aliphatic rings. The number of benzene rings is 2. The quantitative estimate of drug-likeness (QED) is 0.510. The van der Waals surface area contributed by atoms with Crippen LogP contribution in [-0.4, -0.2) is 27.6 Å². The number of anilines is 1. The third-order valence-electron chi connectivity index (χ3n) is 4.47. The number of fused-ring (bicyclic) bond motifs is 1. The van der Waals surface area contributed by atoms with Gasteiger partial charge in [-0.15, -0.1) is 10.2 Å². The first-order valence-corrected chi connectivity index (χ1v) is 9.51. The number of carbonyl (C=O) groups is 1. The van der Waals surface area contributed by atoms with Crippen LogP contribution in [0.5, 0.6) is 0 Å². The molecule has 2 aromatic carbocycles. The summed E-state index contributed by atoms with van der Waals surface area (Å²) in [5, 5.41) is 13.2. The Morgan fingerprint density at radius 1 is 1.10 bits per heavy atom. The molecule has 0 fully saturated rings. The Balaban J connectivity index is 1.66. The van der Waals surface area contributed by atoms with Crippen molar-refractivity contribution in [2.75, 3.05) is 12.3 Å². The molecule has 2 heterocycles. The summed E-state index contributed by atoms with van der Waals surface area (Å²) in [6.45, 7) is 2.64. The lowest BCUT2D eigenvalue weighted by Gasteiger charge is -2.05. The van der Waals surface area contributed by atoms with Crippen LogP contribution in [0.4, 0.5) is 5.82 Å². The Morgan fingerprint density at radius 3 is 2.62 bits per heavy atom. The third kappa shape index (κ3) is 3.77. The van der Waals surface area contributed by atoms with Gasteiger partial charge in [-0.25, -0.2) is 4.98 Å². The van der Waals surface area contributed by atoms with Crippen molar-refractivity contribution in [3.8, 4) is 22.9 Å². The molecular formula is C21H18ClN5O2. The van der Waals surface area contributed by atoms with Gasteiger partial charge in [-0.1, -0.05) is 18.5 Å². The van der Waals surface area contributed by atoms with Crippen molar-refractivity contribution in [1.29, 1.82) is 0 Å². The molecule has 2 aromatic heterocycles. The number of amides is 1. The van der Waals surface area contributed by atoms with E-state index >= 15 is 0 Å². The Morgan fingerprint density at radius 2 is 1.86 bits per heavy atom. The van der Waals surface area contributed by atoms with Crippen LogP contribution < -0.4 is 11.1 Å². The average Bonchev–Trinajstić information content (AvgIpc) is 3.22. The lowest BCUT2D eigenvalue weighted by atomic mass is 10.1. The lowest BCUT2D eigenvalue weighted by Crippen LogP contribution is -2.23. The number of nitrogens with zero attached hydrogens (tertiary/aromatic N) is 3. The van der Waals surface area contributed by atoms with E-state index in [2.05, 4.69) is 20.5 Å². The van der Waals surface area contributed by atoms with E-state index in [4.69, 9.17) is 21.8 Å². The topological polar surface area (TPSA) is 107 Å². The molecule has 8 heteroatoms. The SMILES string of the molecule is CCCNC(=O)c1ccc(-c2nnc(-c3cnc(N)c4ccc(Cl)cc34)o2)cc1. The molecule has 1 amide bonds. The molecule has 0 spiro atoms. The number of rotatable bonds is 5. The van der Waals surface area contributed by atoms with E-state index in [1.165, 1.54) is 0 Å². The molecule has 4 rings (SSSR count). The van der Waals surface area contributed by atoms with E-state index in [1.807, 2.05) is 13.0 Å². The van der Waals surface area contributed by atoms with Crippen molar-refractivity contribution in [2.24, 2.45) is 0 Å². The minimum Gasteiger partial charge on any atom is -0.416 e. The maximum absolute atomic E-state index is 12.0. The number of halogens is 1. The molecule has 0 saturated heterocycles. The molecule has 3 N–H and O–H groups in total. The summed E-state index contributed by atoms with van der Waals surface area (Å²) in [7, 11) is 0. The number of aromatic nitrogens is 3. The van der Waals surface area contributed by atoms with Gasteiger partial charge < -0.3 is 15.5 Å². The average molecular weight is 408 g/mol. The fourth-order valence-corrected chi connectivity index (χ4v) is 3.13. The summed E-state index contributed by atoms with van der Waals surface area (Å²) in [5.74, 6) is 0.940. The smallest absolute Gasteiger partial charge is 0.251 e. The molecule has 0 aliphatic carbocycles.